The molecule has 3 aromatic rings. The van der Waals surface area contributed by atoms with Crippen molar-refractivity contribution in [1.82, 2.24) is 14.4 Å². The number of carbonyl (C=O) groups excluding carboxylic acids is 2. The Morgan fingerprint density at radius 2 is 1.56 bits per heavy atom. The zero-order chi connectivity index (χ0) is 25.9. The van der Waals surface area contributed by atoms with Crippen LogP contribution >= 0.6 is 0 Å². The topological polar surface area (TPSA) is 73.2 Å². The Kier molecular flexibility index (Phi) is 9.94. The fraction of sp³-hybridized carbons (Fsp3) is 0.357. The highest BCUT2D eigenvalue weighted by atomic mass is 16.5. The van der Waals surface area contributed by atoms with Gasteiger partial charge in [-0.25, -0.2) is 0 Å². The maximum Gasteiger partial charge on any atom is 0.254 e. The highest BCUT2D eigenvalue weighted by Gasteiger charge is 2.24. The molecule has 0 spiro atoms. The molecule has 2 aromatic carbocycles. The zero-order valence-electron chi connectivity index (χ0n) is 21.5. The van der Waals surface area contributed by atoms with Gasteiger partial charge in [0.25, 0.3) is 5.91 Å². The predicted molar refractivity (Wildman–Crippen MR) is 138 cm³/mol. The van der Waals surface area contributed by atoms with Gasteiger partial charge in [-0.15, -0.1) is 0 Å². The molecule has 0 fully saturated rings. The van der Waals surface area contributed by atoms with Crippen LogP contribution in [0.4, 0.5) is 0 Å². The third-order valence-electron chi connectivity index (χ3n) is 5.96. The third kappa shape index (κ3) is 7.36. The van der Waals surface area contributed by atoms with Crippen LogP contribution in [0.5, 0.6) is 11.5 Å². The van der Waals surface area contributed by atoms with E-state index >= 15 is 0 Å². The lowest BCUT2D eigenvalue weighted by Gasteiger charge is -2.28. The molecule has 36 heavy (non-hydrogen) atoms. The van der Waals surface area contributed by atoms with Gasteiger partial charge in [0.2, 0.25) is 5.91 Å². The summed E-state index contributed by atoms with van der Waals surface area (Å²) in [6, 6.07) is 18.8. The summed E-state index contributed by atoms with van der Waals surface area (Å²) < 4.78 is 17.9. The molecule has 8 heteroatoms. The number of rotatable bonds is 13. The van der Waals surface area contributed by atoms with Crippen LogP contribution in [-0.2, 0) is 29.7 Å². The van der Waals surface area contributed by atoms with Gasteiger partial charge in [-0.2, -0.15) is 0 Å². The fourth-order valence-corrected chi connectivity index (χ4v) is 3.92. The Bertz CT molecular complexity index is 1110. The van der Waals surface area contributed by atoms with E-state index in [1.165, 1.54) is 14.2 Å². The molecule has 8 nitrogen and oxygen atoms in total. The number of benzene rings is 2. The Morgan fingerprint density at radius 1 is 0.861 bits per heavy atom. The third-order valence-corrected chi connectivity index (χ3v) is 5.96. The first-order valence-electron chi connectivity index (χ1n) is 11.9. The first-order chi connectivity index (χ1) is 17.4. The van der Waals surface area contributed by atoms with Crippen LogP contribution in [0.1, 0.15) is 28.0 Å². The minimum atomic E-state index is -0.268. The van der Waals surface area contributed by atoms with Gasteiger partial charge in [0, 0.05) is 57.4 Å². The number of hydrogen-bond donors (Lipinski definition) is 0. The van der Waals surface area contributed by atoms with Gasteiger partial charge in [-0.3, -0.25) is 9.59 Å². The van der Waals surface area contributed by atoms with Gasteiger partial charge in [0.05, 0.1) is 20.8 Å². The van der Waals surface area contributed by atoms with Gasteiger partial charge in [-0.1, -0.05) is 30.3 Å². The minimum absolute atomic E-state index is 0.0562. The number of hydrogen-bond acceptors (Lipinski definition) is 5. The average molecular weight is 494 g/mol. The average Bonchev–Trinajstić information content (AvgIpc) is 3.31. The number of ether oxygens (including phenoxy) is 3. The molecule has 2 amide bonds. The summed E-state index contributed by atoms with van der Waals surface area (Å²) in [5.41, 5.74) is 2.43. The van der Waals surface area contributed by atoms with Crippen molar-refractivity contribution in [3.8, 4) is 11.5 Å². The minimum Gasteiger partial charge on any atom is -0.497 e. The number of amides is 2. The van der Waals surface area contributed by atoms with Crippen molar-refractivity contribution in [2.24, 2.45) is 7.05 Å². The van der Waals surface area contributed by atoms with E-state index in [2.05, 4.69) is 0 Å². The summed E-state index contributed by atoms with van der Waals surface area (Å²) in [5.74, 6) is 0.612. The molecule has 0 aliphatic rings. The SMILES string of the molecule is COCCCN(CC(=O)N(Cc1ccccc1)Cc1cccn1C)C(=O)c1cc(OC)cc(OC)c1. The standard InChI is InChI=1S/C28H35N3O5/c1-29-13-8-12-24(29)20-31(19-22-10-6-5-7-11-22)27(32)21-30(14-9-15-34-2)28(33)23-16-25(35-3)18-26(17-23)36-4/h5-8,10-13,16-18H,9,14-15,19-21H2,1-4H3. The summed E-state index contributed by atoms with van der Waals surface area (Å²) in [7, 11) is 6.64. The number of aryl methyl sites for hydroxylation is 1. The molecule has 0 saturated carbocycles. The fourth-order valence-electron chi connectivity index (χ4n) is 3.92. The Labute approximate surface area is 213 Å². The van der Waals surface area contributed by atoms with Crippen LogP contribution in [0.25, 0.3) is 0 Å². The predicted octanol–water partition coefficient (Wildman–Crippen LogP) is 3.75. The molecule has 0 radical (unpaired) electrons. The second-order valence-electron chi connectivity index (χ2n) is 8.52. The molecule has 0 bridgehead atoms. The van der Waals surface area contributed by atoms with Crippen molar-refractivity contribution < 1.29 is 23.8 Å². The number of nitrogens with zero attached hydrogens (tertiary/aromatic N) is 3. The van der Waals surface area contributed by atoms with E-state index in [9.17, 15) is 9.59 Å². The molecule has 0 unspecified atom stereocenters. The van der Waals surface area contributed by atoms with Gasteiger partial charge < -0.3 is 28.6 Å². The molecule has 1 heterocycles. The van der Waals surface area contributed by atoms with Crippen LogP contribution in [0, 0.1) is 0 Å². The van der Waals surface area contributed by atoms with E-state index in [4.69, 9.17) is 14.2 Å². The molecular formula is C28H35N3O5. The molecule has 192 valence electrons. The largest absolute Gasteiger partial charge is 0.497 e. The van der Waals surface area contributed by atoms with Crippen LogP contribution in [-0.4, -0.2) is 67.2 Å². The molecule has 0 N–H and O–H groups in total. The smallest absolute Gasteiger partial charge is 0.254 e. The van der Waals surface area contributed by atoms with Crippen molar-refractivity contribution in [3.05, 3.63) is 83.7 Å². The van der Waals surface area contributed by atoms with Crippen molar-refractivity contribution >= 4 is 11.8 Å². The van der Waals surface area contributed by atoms with Gasteiger partial charge in [-0.05, 0) is 36.2 Å². The van der Waals surface area contributed by atoms with Crippen molar-refractivity contribution in [2.45, 2.75) is 19.5 Å². The van der Waals surface area contributed by atoms with E-state index in [-0.39, 0.29) is 18.4 Å². The zero-order valence-corrected chi connectivity index (χ0v) is 21.5. The van der Waals surface area contributed by atoms with E-state index < -0.39 is 0 Å². The molecule has 0 atom stereocenters. The summed E-state index contributed by atoms with van der Waals surface area (Å²) in [6.45, 7) is 1.68. The van der Waals surface area contributed by atoms with Crippen molar-refractivity contribution in [2.75, 3.05) is 41.0 Å². The lowest BCUT2D eigenvalue weighted by atomic mass is 10.1. The lowest BCUT2D eigenvalue weighted by molar-refractivity contribution is -0.133. The van der Waals surface area contributed by atoms with Crippen LogP contribution < -0.4 is 9.47 Å². The molecule has 0 aliphatic heterocycles. The molecule has 0 saturated heterocycles. The molecule has 1 aromatic heterocycles. The first kappa shape index (κ1) is 26.8. The number of methoxy groups -OCH3 is 3. The maximum atomic E-state index is 13.7. The van der Waals surface area contributed by atoms with Gasteiger partial charge in [0.15, 0.2) is 0 Å². The van der Waals surface area contributed by atoms with E-state index in [1.54, 1.807) is 35.1 Å². The Morgan fingerprint density at radius 3 is 2.14 bits per heavy atom. The van der Waals surface area contributed by atoms with E-state index in [1.807, 2.05) is 60.3 Å². The van der Waals surface area contributed by atoms with Crippen molar-refractivity contribution in [1.29, 1.82) is 0 Å². The summed E-state index contributed by atoms with van der Waals surface area (Å²) in [5, 5.41) is 0. The highest BCUT2D eigenvalue weighted by molar-refractivity contribution is 5.97. The molecule has 3 rings (SSSR count). The Balaban J connectivity index is 1.86. The Hall–Kier alpha value is -3.78. The summed E-state index contributed by atoms with van der Waals surface area (Å²) in [6.07, 6.45) is 2.56. The second kappa shape index (κ2) is 13.3. The molecule has 0 aliphatic carbocycles. The maximum absolute atomic E-state index is 13.7. The quantitative estimate of drug-likeness (QED) is 0.339. The summed E-state index contributed by atoms with van der Waals surface area (Å²) in [4.78, 5) is 30.6. The number of carbonyl (C=O) groups is 2. The van der Waals surface area contributed by atoms with E-state index in [0.717, 1.165) is 11.3 Å². The monoisotopic (exact) mass is 493 g/mol. The molecular weight excluding hydrogens is 458 g/mol. The normalized spacial score (nSPS) is 10.7. The van der Waals surface area contributed by atoms with Gasteiger partial charge >= 0.3 is 0 Å². The van der Waals surface area contributed by atoms with Crippen molar-refractivity contribution in [3.63, 3.8) is 0 Å². The van der Waals surface area contributed by atoms with Crippen LogP contribution in [0.2, 0.25) is 0 Å². The van der Waals surface area contributed by atoms with Crippen LogP contribution in [0.15, 0.2) is 66.9 Å². The summed E-state index contributed by atoms with van der Waals surface area (Å²) >= 11 is 0. The lowest BCUT2D eigenvalue weighted by Crippen LogP contribution is -2.43. The first-order valence-corrected chi connectivity index (χ1v) is 11.9. The highest BCUT2D eigenvalue weighted by Crippen LogP contribution is 2.24. The van der Waals surface area contributed by atoms with E-state index in [0.29, 0.717) is 49.7 Å². The van der Waals surface area contributed by atoms with Gasteiger partial charge in [0.1, 0.15) is 18.0 Å². The number of aromatic nitrogens is 1. The van der Waals surface area contributed by atoms with Crippen LogP contribution in [0.3, 0.4) is 0 Å². The second-order valence-corrected chi connectivity index (χ2v) is 8.52.